The molecule has 0 aromatic carbocycles. The number of carbonyl (C=O) groups is 1. The van der Waals surface area contributed by atoms with Crippen LogP contribution in [0, 0.1) is 0 Å². The van der Waals surface area contributed by atoms with Gasteiger partial charge in [0.1, 0.15) is 0 Å². The lowest BCUT2D eigenvalue weighted by molar-refractivity contribution is 0.238. The Morgan fingerprint density at radius 2 is 2.24 bits per heavy atom. The third kappa shape index (κ3) is 4.21. The van der Waals surface area contributed by atoms with Crippen LogP contribution in [-0.4, -0.2) is 48.3 Å². The number of nitrogens with one attached hydrogen (secondary N) is 2. The molecule has 1 aromatic heterocycles. The Kier molecular flexibility index (Phi) is 5.59. The molecule has 7 heteroatoms. The lowest BCUT2D eigenvalue weighted by Gasteiger charge is -2.19. The first-order chi connectivity index (χ1) is 10.2. The van der Waals surface area contributed by atoms with Crippen LogP contribution in [0.5, 0.6) is 5.88 Å². The average molecular weight is 293 g/mol. The Morgan fingerprint density at radius 3 is 3.00 bits per heavy atom. The van der Waals surface area contributed by atoms with Crippen LogP contribution >= 0.6 is 0 Å². The molecule has 1 aliphatic rings. The molecule has 1 fully saturated rings. The highest BCUT2D eigenvalue weighted by atomic mass is 16.5. The molecule has 0 aliphatic carbocycles. The van der Waals surface area contributed by atoms with Gasteiger partial charge in [0, 0.05) is 38.1 Å². The Labute approximate surface area is 125 Å². The Hall–Kier alpha value is -2.05. The van der Waals surface area contributed by atoms with Crippen molar-refractivity contribution in [1.29, 1.82) is 0 Å². The summed E-state index contributed by atoms with van der Waals surface area (Å²) in [5.41, 5.74) is 0. The molecule has 116 valence electrons. The van der Waals surface area contributed by atoms with Crippen LogP contribution in [0.25, 0.3) is 0 Å². The fourth-order valence-corrected chi connectivity index (χ4v) is 2.30. The van der Waals surface area contributed by atoms with Crippen molar-refractivity contribution < 1.29 is 9.53 Å². The maximum absolute atomic E-state index is 11.6. The van der Waals surface area contributed by atoms with E-state index in [0.717, 1.165) is 31.7 Å². The van der Waals surface area contributed by atoms with Crippen LogP contribution in [0.2, 0.25) is 0 Å². The van der Waals surface area contributed by atoms with Crippen molar-refractivity contribution in [2.75, 3.05) is 31.1 Å². The number of hydrogen-bond donors (Lipinski definition) is 2. The van der Waals surface area contributed by atoms with Gasteiger partial charge in [0.15, 0.2) is 5.82 Å². The molecule has 2 N–H and O–H groups in total. The molecule has 0 bridgehead atoms. The van der Waals surface area contributed by atoms with Gasteiger partial charge in [-0.3, -0.25) is 0 Å². The summed E-state index contributed by atoms with van der Waals surface area (Å²) in [5, 5.41) is 5.71. The molecule has 7 nitrogen and oxygen atoms in total. The maximum Gasteiger partial charge on any atom is 0.315 e. The summed E-state index contributed by atoms with van der Waals surface area (Å²) in [6.07, 6.45) is 5.12. The Morgan fingerprint density at radius 1 is 1.43 bits per heavy atom. The van der Waals surface area contributed by atoms with E-state index in [1.165, 1.54) is 0 Å². The fraction of sp³-hybridized carbons (Fsp3) is 0.643. The zero-order chi connectivity index (χ0) is 15.1. The predicted molar refractivity (Wildman–Crippen MR) is 80.6 cm³/mol. The van der Waals surface area contributed by atoms with Gasteiger partial charge in [0.05, 0.1) is 6.61 Å². The summed E-state index contributed by atoms with van der Waals surface area (Å²) < 4.78 is 5.64. The fourth-order valence-electron chi connectivity index (χ4n) is 2.30. The van der Waals surface area contributed by atoms with Gasteiger partial charge in [-0.25, -0.2) is 14.8 Å². The lowest BCUT2D eigenvalue weighted by Crippen LogP contribution is -2.43. The van der Waals surface area contributed by atoms with E-state index in [-0.39, 0.29) is 12.1 Å². The zero-order valence-electron chi connectivity index (χ0n) is 12.6. The molecule has 1 aliphatic heterocycles. The molecular weight excluding hydrogens is 270 g/mol. The Bertz CT molecular complexity index is 468. The van der Waals surface area contributed by atoms with E-state index in [1.54, 1.807) is 12.4 Å². The van der Waals surface area contributed by atoms with Crippen molar-refractivity contribution in [1.82, 2.24) is 20.6 Å². The summed E-state index contributed by atoms with van der Waals surface area (Å²) >= 11 is 0. The number of ether oxygens (including phenoxy) is 1. The molecule has 0 saturated carbocycles. The molecular formula is C14H23N5O2. The van der Waals surface area contributed by atoms with Gasteiger partial charge in [-0.2, -0.15) is 0 Å². The standard InChI is InChI=1S/C14H23N5O2/c1-3-9-21-13-12(16-6-7-17-13)19-8-5-11(10-19)18-14(20)15-4-2/h6-7,11H,3-5,8-10H2,1-2H3,(H2,15,18,20). The van der Waals surface area contributed by atoms with Gasteiger partial charge in [0.25, 0.3) is 5.88 Å². The first kappa shape index (κ1) is 15.3. The first-order valence-corrected chi connectivity index (χ1v) is 7.47. The molecule has 1 unspecified atom stereocenters. The number of hydrogen-bond acceptors (Lipinski definition) is 5. The van der Waals surface area contributed by atoms with E-state index in [4.69, 9.17) is 4.74 Å². The van der Waals surface area contributed by atoms with E-state index in [9.17, 15) is 4.79 Å². The van der Waals surface area contributed by atoms with E-state index in [2.05, 4.69) is 32.4 Å². The van der Waals surface area contributed by atoms with Crippen LogP contribution < -0.4 is 20.3 Å². The van der Waals surface area contributed by atoms with E-state index >= 15 is 0 Å². The molecule has 1 aromatic rings. The quantitative estimate of drug-likeness (QED) is 0.823. The second-order valence-electron chi connectivity index (χ2n) is 4.97. The van der Waals surface area contributed by atoms with Gasteiger partial charge in [-0.05, 0) is 19.8 Å². The average Bonchev–Trinajstić information content (AvgIpc) is 2.94. The normalized spacial score (nSPS) is 17.6. The third-order valence-corrected chi connectivity index (χ3v) is 3.25. The molecule has 0 radical (unpaired) electrons. The number of aromatic nitrogens is 2. The molecule has 2 heterocycles. The van der Waals surface area contributed by atoms with Crippen LogP contribution in [0.3, 0.4) is 0 Å². The number of carbonyl (C=O) groups excluding carboxylic acids is 1. The van der Waals surface area contributed by atoms with Gasteiger partial charge in [-0.1, -0.05) is 6.92 Å². The number of anilines is 1. The van der Waals surface area contributed by atoms with Crippen molar-refractivity contribution in [3.05, 3.63) is 12.4 Å². The van der Waals surface area contributed by atoms with Gasteiger partial charge in [0.2, 0.25) is 0 Å². The van der Waals surface area contributed by atoms with Gasteiger partial charge >= 0.3 is 6.03 Å². The van der Waals surface area contributed by atoms with E-state index in [1.807, 2.05) is 6.92 Å². The second kappa shape index (κ2) is 7.66. The minimum absolute atomic E-state index is 0.119. The van der Waals surface area contributed by atoms with Crippen LogP contribution in [-0.2, 0) is 0 Å². The number of rotatable bonds is 6. The summed E-state index contributed by atoms with van der Waals surface area (Å²) in [6.45, 7) is 6.76. The lowest BCUT2D eigenvalue weighted by atomic mass is 10.3. The minimum atomic E-state index is -0.119. The van der Waals surface area contributed by atoms with Crippen molar-refractivity contribution in [3.63, 3.8) is 0 Å². The zero-order valence-corrected chi connectivity index (χ0v) is 12.6. The highest BCUT2D eigenvalue weighted by Crippen LogP contribution is 2.26. The molecule has 1 atom stereocenters. The summed E-state index contributed by atoms with van der Waals surface area (Å²) in [7, 11) is 0. The first-order valence-electron chi connectivity index (χ1n) is 7.47. The maximum atomic E-state index is 11.6. The summed E-state index contributed by atoms with van der Waals surface area (Å²) in [6, 6.07) is 0.00327. The summed E-state index contributed by atoms with van der Waals surface area (Å²) in [5.74, 6) is 1.32. The van der Waals surface area contributed by atoms with Crippen LogP contribution in [0.1, 0.15) is 26.7 Å². The molecule has 0 spiro atoms. The Balaban J connectivity index is 1.96. The third-order valence-electron chi connectivity index (χ3n) is 3.25. The largest absolute Gasteiger partial charge is 0.475 e. The highest BCUT2D eigenvalue weighted by Gasteiger charge is 2.27. The SMILES string of the molecule is CCCOc1nccnc1N1CCC(NC(=O)NCC)C1. The minimum Gasteiger partial charge on any atom is -0.475 e. The molecule has 2 amide bonds. The van der Waals surface area contributed by atoms with E-state index in [0.29, 0.717) is 19.0 Å². The second-order valence-corrected chi connectivity index (χ2v) is 4.97. The van der Waals surface area contributed by atoms with E-state index < -0.39 is 0 Å². The topological polar surface area (TPSA) is 79.4 Å². The smallest absolute Gasteiger partial charge is 0.315 e. The van der Waals surface area contributed by atoms with Crippen molar-refractivity contribution in [3.8, 4) is 5.88 Å². The number of nitrogens with zero attached hydrogens (tertiary/aromatic N) is 3. The predicted octanol–water partition coefficient (Wildman–Crippen LogP) is 1.16. The monoisotopic (exact) mass is 293 g/mol. The van der Waals surface area contributed by atoms with Crippen LogP contribution in [0.15, 0.2) is 12.4 Å². The molecule has 21 heavy (non-hydrogen) atoms. The van der Waals surface area contributed by atoms with Crippen molar-refractivity contribution in [2.45, 2.75) is 32.7 Å². The van der Waals surface area contributed by atoms with Gasteiger partial charge < -0.3 is 20.3 Å². The number of urea groups is 1. The molecule has 2 rings (SSSR count). The molecule has 1 saturated heterocycles. The van der Waals surface area contributed by atoms with Crippen molar-refractivity contribution >= 4 is 11.8 Å². The number of amides is 2. The van der Waals surface area contributed by atoms with Crippen molar-refractivity contribution in [2.24, 2.45) is 0 Å². The highest BCUT2D eigenvalue weighted by molar-refractivity contribution is 5.74. The summed E-state index contributed by atoms with van der Waals surface area (Å²) in [4.78, 5) is 22.3. The van der Waals surface area contributed by atoms with Gasteiger partial charge in [-0.15, -0.1) is 0 Å². The van der Waals surface area contributed by atoms with Crippen LogP contribution in [0.4, 0.5) is 10.6 Å².